The fourth-order valence-electron chi connectivity index (χ4n) is 0.275. The van der Waals surface area contributed by atoms with Crippen LogP contribution in [-0.4, -0.2) is 32.1 Å². The Morgan fingerprint density at radius 2 is 2.50 bits per heavy atom. The third-order valence-electron chi connectivity index (χ3n) is 0.754. The van der Waals surface area contributed by atoms with Crippen molar-refractivity contribution in [3.8, 4) is 10.7 Å². The summed E-state index contributed by atoms with van der Waals surface area (Å²) >= 11 is 0.0621. The van der Waals surface area contributed by atoms with Gasteiger partial charge in [-0.15, -0.1) is 0 Å². The van der Waals surface area contributed by atoms with Crippen LogP contribution in [0.2, 0.25) is 5.32 Å². The van der Waals surface area contributed by atoms with E-state index in [9.17, 15) is 4.79 Å². The number of hydrogen-bond donors (Lipinski definition) is 2. The first-order chi connectivity index (χ1) is 4.68. The van der Waals surface area contributed by atoms with Gasteiger partial charge in [-0.1, -0.05) is 0 Å². The van der Waals surface area contributed by atoms with Crippen LogP contribution in [0.25, 0.3) is 0 Å². The molecule has 0 aliphatic heterocycles. The molecule has 1 atom stereocenters. The van der Waals surface area contributed by atoms with Gasteiger partial charge in [0, 0.05) is 0 Å². The maximum atomic E-state index is 10.1. The van der Waals surface area contributed by atoms with E-state index >= 15 is 0 Å². The van der Waals surface area contributed by atoms with Crippen molar-refractivity contribution < 1.29 is 9.90 Å². The van der Waals surface area contributed by atoms with Crippen LogP contribution in [0.4, 0.5) is 0 Å². The molecule has 0 rings (SSSR count). The molecule has 0 spiro atoms. The molecule has 0 heterocycles. The second kappa shape index (κ2) is 5.31. The summed E-state index contributed by atoms with van der Waals surface area (Å²) < 4.78 is 0. The van der Waals surface area contributed by atoms with Gasteiger partial charge >= 0.3 is 65.6 Å². The number of carboxylic acid groups (broad SMARTS) is 1. The summed E-state index contributed by atoms with van der Waals surface area (Å²) in [5.74, 6) is 1.75. The molecule has 56 valence electrons. The minimum absolute atomic E-state index is 0.0621. The number of carbonyl (C=O) groups is 1. The fraction of sp³-hybridized carbons (Fsp3) is 0.500. The number of carboxylic acids is 1. The first-order valence-corrected chi connectivity index (χ1v) is 4.77. The number of aliphatic carboxylic acids is 1. The summed E-state index contributed by atoms with van der Waals surface area (Å²) in [6, 6.07) is -0.735. The molecular formula is C6H9NO2Se. The molecule has 4 heteroatoms. The second-order valence-corrected chi connectivity index (χ2v) is 3.34. The molecule has 0 aromatic rings. The third kappa shape index (κ3) is 4.39. The van der Waals surface area contributed by atoms with E-state index in [1.54, 1.807) is 6.92 Å². The Kier molecular flexibility index (Phi) is 5.05. The molecule has 0 aliphatic carbocycles. The van der Waals surface area contributed by atoms with Crippen molar-refractivity contribution in [2.24, 2.45) is 5.73 Å². The number of hydrogen-bond acceptors (Lipinski definition) is 2. The summed E-state index contributed by atoms with van der Waals surface area (Å²) in [5, 5.41) is 8.81. The van der Waals surface area contributed by atoms with Gasteiger partial charge in [0.05, 0.1) is 0 Å². The number of rotatable bonds is 3. The van der Waals surface area contributed by atoms with Crippen molar-refractivity contribution >= 4 is 20.9 Å². The average molecular weight is 206 g/mol. The Hall–Kier alpha value is -0.491. The third-order valence-corrected chi connectivity index (χ3v) is 2.59. The zero-order chi connectivity index (χ0) is 7.98. The number of nitrogens with two attached hydrogens (primary N) is 1. The van der Waals surface area contributed by atoms with E-state index in [1.165, 1.54) is 0 Å². The maximum absolute atomic E-state index is 10.1. The van der Waals surface area contributed by atoms with Crippen LogP contribution in [0.5, 0.6) is 0 Å². The Labute approximate surface area is 66.1 Å². The second-order valence-electron chi connectivity index (χ2n) is 1.61. The molecule has 0 aliphatic rings. The van der Waals surface area contributed by atoms with E-state index in [0.29, 0.717) is 5.32 Å². The minimum atomic E-state index is -0.945. The quantitative estimate of drug-likeness (QED) is 0.483. The van der Waals surface area contributed by atoms with Crippen molar-refractivity contribution in [1.29, 1.82) is 0 Å². The Morgan fingerprint density at radius 3 is 2.90 bits per heavy atom. The van der Waals surface area contributed by atoms with Crippen molar-refractivity contribution in [3.63, 3.8) is 0 Å². The predicted molar refractivity (Wildman–Crippen MR) is 39.6 cm³/mol. The van der Waals surface area contributed by atoms with Gasteiger partial charge in [-0.25, -0.2) is 0 Å². The zero-order valence-electron chi connectivity index (χ0n) is 5.63. The van der Waals surface area contributed by atoms with Gasteiger partial charge in [-0.3, -0.25) is 0 Å². The van der Waals surface area contributed by atoms with E-state index < -0.39 is 12.0 Å². The van der Waals surface area contributed by atoms with E-state index in [2.05, 4.69) is 10.7 Å². The standard InChI is InChI=1S/C6H9NO2Se/c1-2-3-10-4-5(7)6(8)9/h5H,4,7H2,1H3,(H,8,9)/t5-/m0/s1. The normalized spacial score (nSPS) is 11.4. The molecular weight excluding hydrogens is 197 g/mol. The van der Waals surface area contributed by atoms with Gasteiger partial charge in [0.15, 0.2) is 0 Å². The van der Waals surface area contributed by atoms with Crippen molar-refractivity contribution in [2.45, 2.75) is 18.3 Å². The van der Waals surface area contributed by atoms with Crippen LogP contribution in [0.3, 0.4) is 0 Å². The van der Waals surface area contributed by atoms with E-state index in [4.69, 9.17) is 10.8 Å². The van der Waals surface area contributed by atoms with Gasteiger partial charge in [-0.2, -0.15) is 0 Å². The predicted octanol–water partition coefficient (Wildman–Crippen LogP) is -0.498. The van der Waals surface area contributed by atoms with Gasteiger partial charge in [0.1, 0.15) is 0 Å². The Morgan fingerprint density at radius 1 is 1.90 bits per heavy atom. The molecule has 3 nitrogen and oxygen atoms in total. The fourth-order valence-corrected chi connectivity index (χ4v) is 1.43. The van der Waals surface area contributed by atoms with E-state index in [1.807, 2.05) is 0 Å². The Bertz CT molecular complexity index is 170. The topological polar surface area (TPSA) is 63.3 Å². The first kappa shape index (κ1) is 9.51. The summed E-state index contributed by atoms with van der Waals surface area (Å²) in [7, 11) is 0. The van der Waals surface area contributed by atoms with Crippen LogP contribution in [-0.2, 0) is 4.79 Å². The van der Waals surface area contributed by atoms with Crippen molar-refractivity contribution in [3.05, 3.63) is 0 Å². The molecule has 0 aromatic carbocycles. The average Bonchev–Trinajstić information content (AvgIpc) is 1.88. The van der Waals surface area contributed by atoms with Gasteiger partial charge in [0.2, 0.25) is 0 Å². The summed E-state index contributed by atoms with van der Waals surface area (Å²) in [4.78, 5) is 12.9. The summed E-state index contributed by atoms with van der Waals surface area (Å²) in [5.41, 5.74) is 5.21. The van der Waals surface area contributed by atoms with Crippen molar-refractivity contribution in [1.82, 2.24) is 0 Å². The summed E-state index contributed by atoms with van der Waals surface area (Å²) in [6.07, 6.45) is 0. The van der Waals surface area contributed by atoms with E-state index in [0.717, 1.165) is 0 Å². The molecule has 0 unspecified atom stereocenters. The van der Waals surface area contributed by atoms with Crippen molar-refractivity contribution in [2.75, 3.05) is 0 Å². The summed E-state index contributed by atoms with van der Waals surface area (Å²) in [6.45, 7) is 1.73. The van der Waals surface area contributed by atoms with Crippen LogP contribution >= 0.6 is 0 Å². The monoisotopic (exact) mass is 207 g/mol. The zero-order valence-corrected chi connectivity index (χ0v) is 7.34. The molecule has 0 aromatic heterocycles. The molecule has 0 fully saturated rings. The first-order valence-electron chi connectivity index (χ1n) is 2.70. The van der Waals surface area contributed by atoms with Gasteiger partial charge in [-0.05, 0) is 0 Å². The molecule has 0 saturated heterocycles. The molecule has 0 amide bonds. The van der Waals surface area contributed by atoms with Gasteiger partial charge < -0.3 is 0 Å². The van der Waals surface area contributed by atoms with E-state index in [-0.39, 0.29) is 15.0 Å². The van der Waals surface area contributed by atoms with Crippen LogP contribution in [0, 0.1) is 10.7 Å². The molecule has 3 N–H and O–H groups in total. The van der Waals surface area contributed by atoms with Crippen LogP contribution in [0.1, 0.15) is 6.92 Å². The molecule has 0 radical (unpaired) electrons. The molecule has 0 bridgehead atoms. The molecule has 10 heavy (non-hydrogen) atoms. The van der Waals surface area contributed by atoms with Crippen LogP contribution < -0.4 is 5.73 Å². The Balaban J connectivity index is 3.46. The van der Waals surface area contributed by atoms with Crippen LogP contribution in [0.15, 0.2) is 0 Å². The SMILES string of the molecule is CC#C[Se]C[C@H](N)C(=O)O. The molecule has 0 saturated carbocycles. The van der Waals surface area contributed by atoms with Gasteiger partial charge in [0.25, 0.3) is 0 Å².